The molecule has 1 aromatic carbocycles. The van der Waals surface area contributed by atoms with Gasteiger partial charge in [0.25, 0.3) is 0 Å². The lowest BCUT2D eigenvalue weighted by atomic mass is 9.83. The second kappa shape index (κ2) is 6.36. The summed E-state index contributed by atoms with van der Waals surface area (Å²) < 4.78 is 10.5. The number of carbonyl (C=O) groups is 2. The molecular formula is C15H20O4. The van der Waals surface area contributed by atoms with E-state index in [0.29, 0.717) is 0 Å². The second-order valence-electron chi connectivity index (χ2n) is 5.17. The van der Waals surface area contributed by atoms with Crippen LogP contribution < -0.4 is 0 Å². The molecule has 0 N–H and O–H groups in total. The van der Waals surface area contributed by atoms with Crippen molar-refractivity contribution in [2.24, 2.45) is 5.41 Å². The van der Waals surface area contributed by atoms with Crippen molar-refractivity contribution < 1.29 is 19.1 Å². The summed E-state index contributed by atoms with van der Waals surface area (Å²) >= 11 is 0. The third-order valence-electron chi connectivity index (χ3n) is 2.74. The Bertz CT molecular complexity index is 437. The summed E-state index contributed by atoms with van der Waals surface area (Å²) in [7, 11) is 0. The van der Waals surface area contributed by atoms with Crippen molar-refractivity contribution in [3.63, 3.8) is 0 Å². The fourth-order valence-corrected chi connectivity index (χ4v) is 1.84. The minimum Gasteiger partial charge on any atom is -0.465 e. The van der Waals surface area contributed by atoms with E-state index in [2.05, 4.69) is 0 Å². The number of rotatable bonds is 5. The molecule has 0 bridgehead atoms. The van der Waals surface area contributed by atoms with Crippen molar-refractivity contribution in [2.45, 2.75) is 33.8 Å². The summed E-state index contributed by atoms with van der Waals surface area (Å²) in [6, 6.07) is 9.45. The summed E-state index contributed by atoms with van der Waals surface area (Å²) in [5, 5.41) is 0. The summed E-state index contributed by atoms with van der Waals surface area (Å²) in [5.74, 6) is -0.701. The minimum absolute atomic E-state index is 0.190. The molecule has 1 rings (SSSR count). The zero-order valence-corrected chi connectivity index (χ0v) is 11.8. The van der Waals surface area contributed by atoms with E-state index >= 15 is 0 Å². The topological polar surface area (TPSA) is 52.6 Å². The molecule has 0 aliphatic rings. The van der Waals surface area contributed by atoms with Crippen LogP contribution in [0.1, 0.15) is 39.4 Å². The highest BCUT2D eigenvalue weighted by Crippen LogP contribution is 2.37. The van der Waals surface area contributed by atoms with Crippen LogP contribution in [0.2, 0.25) is 0 Å². The standard InChI is InChI=1S/C15H20O4/c1-11(16)18-10-15(3,4)14(19-12(2)17)13-8-6-5-7-9-13/h5-9,14H,10H2,1-4H3. The average Bonchev–Trinajstić information content (AvgIpc) is 2.34. The Balaban J connectivity index is 2.96. The molecule has 0 spiro atoms. The molecule has 0 radical (unpaired) electrons. The lowest BCUT2D eigenvalue weighted by Gasteiger charge is -2.33. The molecule has 0 saturated heterocycles. The Hall–Kier alpha value is -1.84. The quantitative estimate of drug-likeness (QED) is 0.767. The Morgan fingerprint density at radius 3 is 2.16 bits per heavy atom. The molecule has 0 saturated carbocycles. The Morgan fingerprint density at radius 2 is 1.68 bits per heavy atom. The Morgan fingerprint density at radius 1 is 1.11 bits per heavy atom. The highest BCUT2D eigenvalue weighted by molar-refractivity contribution is 5.67. The predicted molar refractivity (Wildman–Crippen MR) is 71.4 cm³/mol. The monoisotopic (exact) mass is 264 g/mol. The van der Waals surface area contributed by atoms with Gasteiger partial charge in [0.15, 0.2) is 0 Å². The van der Waals surface area contributed by atoms with Crippen LogP contribution in [0.5, 0.6) is 0 Å². The van der Waals surface area contributed by atoms with Gasteiger partial charge >= 0.3 is 11.9 Å². The molecule has 0 aromatic heterocycles. The van der Waals surface area contributed by atoms with Crippen LogP contribution in [0, 0.1) is 5.41 Å². The first kappa shape index (κ1) is 15.2. The SMILES string of the molecule is CC(=O)OCC(C)(C)C(OC(C)=O)c1ccccc1. The predicted octanol–water partition coefficient (Wildman–Crippen LogP) is 2.88. The van der Waals surface area contributed by atoms with Crippen molar-refractivity contribution in [1.82, 2.24) is 0 Å². The van der Waals surface area contributed by atoms with Crippen molar-refractivity contribution in [2.75, 3.05) is 6.61 Å². The molecular weight excluding hydrogens is 244 g/mol. The van der Waals surface area contributed by atoms with Gasteiger partial charge in [-0.25, -0.2) is 0 Å². The number of esters is 2. The molecule has 0 fully saturated rings. The van der Waals surface area contributed by atoms with E-state index < -0.39 is 11.5 Å². The van der Waals surface area contributed by atoms with Gasteiger partial charge in [0.2, 0.25) is 0 Å². The van der Waals surface area contributed by atoms with Gasteiger partial charge in [-0.2, -0.15) is 0 Å². The molecule has 104 valence electrons. The van der Waals surface area contributed by atoms with Crippen LogP contribution in [0.3, 0.4) is 0 Å². The van der Waals surface area contributed by atoms with Crippen LogP contribution in [0.4, 0.5) is 0 Å². The largest absolute Gasteiger partial charge is 0.465 e. The summed E-state index contributed by atoms with van der Waals surface area (Å²) in [6.45, 7) is 6.72. The molecule has 4 heteroatoms. The maximum absolute atomic E-state index is 11.3. The van der Waals surface area contributed by atoms with E-state index in [0.717, 1.165) is 5.56 Å². The van der Waals surface area contributed by atoms with Gasteiger partial charge in [-0.15, -0.1) is 0 Å². The van der Waals surface area contributed by atoms with Gasteiger partial charge in [0.1, 0.15) is 12.7 Å². The van der Waals surface area contributed by atoms with Crippen molar-refractivity contribution >= 4 is 11.9 Å². The zero-order valence-electron chi connectivity index (χ0n) is 11.8. The summed E-state index contributed by atoms with van der Waals surface area (Å²) in [6.07, 6.45) is -0.453. The number of hydrogen-bond donors (Lipinski definition) is 0. The Labute approximate surface area is 113 Å². The Kier molecular flexibility index (Phi) is 5.10. The number of ether oxygens (including phenoxy) is 2. The number of benzene rings is 1. The first-order valence-corrected chi connectivity index (χ1v) is 6.18. The lowest BCUT2D eigenvalue weighted by Crippen LogP contribution is -2.31. The molecule has 0 amide bonds. The normalized spacial score (nSPS) is 12.6. The average molecular weight is 264 g/mol. The first-order valence-electron chi connectivity index (χ1n) is 6.18. The fraction of sp³-hybridized carbons (Fsp3) is 0.467. The van der Waals surface area contributed by atoms with Crippen molar-refractivity contribution in [3.8, 4) is 0 Å². The molecule has 19 heavy (non-hydrogen) atoms. The summed E-state index contributed by atoms with van der Waals surface area (Å²) in [4.78, 5) is 22.2. The highest BCUT2D eigenvalue weighted by Gasteiger charge is 2.34. The first-order chi connectivity index (χ1) is 8.83. The van der Waals surface area contributed by atoms with Gasteiger partial charge < -0.3 is 9.47 Å². The molecule has 0 heterocycles. The van der Waals surface area contributed by atoms with Crippen LogP contribution >= 0.6 is 0 Å². The van der Waals surface area contributed by atoms with Crippen molar-refractivity contribution in [3.05, 3.63) is 35.9 Å². The lowest BCUT2D eigenvalue weighted by molar-refractivity contribution is -0.159. The van der Waals surface area contributed by atoms with Gasteiger partial charge in [0, 0.05) is 19.3 Å². The maximum Gasteiger partial charge on any atom is 0.303 e. The minimum atomic E-state index is -0.501. The van der Waals surface area contributed by atoms with Gasteiger partial charge in [0.05, 0.1) is 0 Å². The highest BCUT2D eigenvalue weighted by atomic mass is 16.6. The van der Waals surface area contributed by atoms with E-state index in [9.17, 15) is 9.59 Å². The van der Waals surface area contributed by atoms with Gasteiger partial charge in [-0.1, -0.05) is 44.2 Å². The zero-order chi connectivity index (χ0) is 14.5. The second-order valence-corrected chi connectivity index (χ2v) is 5.17. The van der Waals surface area contributed by atoms with Gasteiger partial charge in [-0.3, -0.25) is 9.59 Å². The molecule has 1 atom stereocenters. The molecule has 4 nitrogen and oxygen atoms in total. The third-order valence-corrected chi connectivity index (χ3v) is 2.74. The van der Waals surface area contributed by atoms with Crippen LogP contribution in [-0.2, 0) is 19.1 Å². The van der Waals surface area contributed by atoms with E-state index in [1.54, 1.807) is 0 Å². The van der Waals surface area contributed by atoms with Crippen LogP contribution in [0.15, 0.2) is 30.3 Å². The van der Waals surface area contributed by atoms with E-state index in [4.69, 9.17) is 9.47 Å². The molecule has 1 aromatic rings. The fourth-order valence-electron chi connectivity index (χ4n) is 1.84. The maximum atomic E-state index is 11.3. The van der Waals surface area contributed by atoms with E-state index in [-0.39, 0.29) is 18.5 Å². The van der Waals surface area contributed by atoms with E-state index in [1.807, 2.05) is 44.2 Å². The molecule has 1 unspecified atom stereocenters. The number of hydrogen-bond acceptors (Lipinski definition) is 4. The summed E-state index contributed by atoms with van der Waals surface area (Å²) in [5.41, 5.74) is 0.383. The molecule has 0 aliphatic heterocycles. The third kappa shape index (κ3) is 4.73. The molecule has 0 aliphatic carbocycles. The van der Waals surface area contributed by atoms with Crippen LogP contribution in [0.25, 0.3) is 0 Å². The van der Waals surface area contributed by atoms with E-state index in [1.165, 1.54) is 13.8 Å². The van der Waals surface area contributed by atoms with Gasteiger partial charge in [-0.05, 0) is 5.56 Å². The smallest absolute Gasteiger partial charge is 0.303 e. The number of carbonyl (C=O) groups excluding carboxylic acids is 2. The van der Waals surface area contributed by atoms with Crippen molar-refractivity contribution in [1.29, 1.82) is 0 Å². The van der Waals surface area contributed by atoms with Crippen LogP contribution in [-0.4, -0.2) is 18.5 Å².